The molecular weight excluding hydrogens is 382 g/mol. The Morgan fingerprint density at radius 2 is 1.63 bits per heavy atom. The van der Waals surface area contributed by atoms with Crippen LogP contribution >= 0.6 is 0 Å². The van der Waals surface area contributed by atoms with Crippen LogP contribution < -0.4 is 10.6 Å². The van der Waals surface area contributed by atoms with Crippen molar-refractivity contribution in [2.45, 2.75) is 20.0 Å². The number of fused-ring (bicyclic) bond motifs is 1. The molecule has 0 unspecified atom stereocenters. The smallest absolute Gasteiger partial charge is 0.290 e. The van der Waals surface area contributed by atoms with Crippen LogP contribution in [0, 0.1) is 0 Å². The van der Waals surface area contributed by atoms with Crippen LogP contribution in [-0.2, 0) is 17.9 Å². The van der Waals surface area contributed by atoms with Crippen molar-refractivity contribution in [3.63, 3.8) is 0 Å². The Balaban J connectivity index is 1.44. The Bertz CT molecular complexity index is 1090. The maximum atomic E-state index is 12.8. The van der Waals surface area contributed by atoms with Crippen molar-refractivity contribution in [2.24, 2.45) is 0 Å². The van der Waals surface area contributed by atoms with Crippen LogP contribution in [0.3, 0.4) is 0 Å². The molecule has 2 N–H and O–H groups in total. The molecule has 1 aliphatic rings. The van der Waals surface area contributed by atoms with Gasteiger partial charge in [-0.1, -0.05) is 30.3 Å². The van der Waals surface area contributed by atoms with Gasteiger partial charge in [-0.3, -0.25) is 14.4 Å². The lowest BCUT2D eigenvalue weighted by atomic mass is 10.2. The van der Waals surface area contributed by atoms with Crippen LogP contribution in [0.25, 0.3) is 0 Å². The lowest BCUT2D eigenvalue weighted by Gasteiger charge is -2.27. The number of carbonyl (C=O) groups excluding carboxylic acids is 3. The summed E-state index contributed by atoms with van der Waals surface area (Å²) in [5.41, 5.74) is 2.44. The highest BCUT2D eigenvalue weighted by Gasteiger charge is 2.28. The zero-order valence-electron chi connectivity index (χ0n) is 16.5. The van der Waals surface area contributed by atoms with E-state index in [0.29, 0.717) is 31.0 Å². The minimum atomic E-state index is -0.397. The molecule has 152 valence electrons. The SMILES string of the molecule is CC(=O)Nc1ccc(NC(=O)c2cn3c(n2)C(=O)N(Cc2ccccc2)CC3)cc1. The van der Waals surface area contributed by atoms with Gasteiger partial charge in [0.05, 0.1) is 0 Å². The van der Waals surface area contributed by atoms with Crippen LogP contribution in [-0.4, -0.2) is 38.7 Å². The number of hydrogen-bond donors (Lipinski definition) is 2. The highest BCUT2D eigenvalue weighted by atomic mass is 16.2. The minimum absolute atomic E-state index is 0.165. The molecular formula is C22H21N5O3. The Kier molecular flexibility index (Phi) is 5.30. The first-order valence-electron chi connectivity index (χ1n) is 9.59. The molecule has 30 heavy (non-hydrogen) atoms. The van der Waals surface area contributed by atoms with Crippen LogP contribution in [0.4, 0.5) is 11.4 Å². The Morgan fingerprint density at radius 3 is 2.30 bits per heavy atom. The number of anilines is 2. The average Bonchev–Trinajstić information content (AvgIpc) is 3.17. The van der Waals surface area contributed by atoms with E-state index in [9.17, 15) is 14.4 Å². The summed E-state index contributed by atoms with van der Waals surface area (Å²) in [5.74, 6) is -0.486. The number of amides is 3. The van der Waals surface area contributed by atoms with E-state index in [4.69, 9.17) is 0 Å². The zero-order chi connectivity index (χ0) is 21.1. The summed E-state index contributed by atoms with van der Waals surface area (Å²) in [6.07, 6.45) is 1.61. The lowest BCUT2D eigenvalue weighted by molar-refractivity contribution is -0.114. The second-order valence-corrected chi connectivity index (χ2v) is 7.07. The van der Waals surface area contributed by atoms with Gasteiger partial charge in [0.1, 0.15) is 5.69 Å². The van der Waals surface area contributed by atoms with Crippen molar-refractivity contribution in [2.75, 3.05) is 17.2 Å². The van der Waals surface area contributed by atoms with Gasteiger partial charge in [-0.15, -0.1) is 0 Å². The van der Waals surface area contributed by atoms with Gasteiger partial charge in [0.2, 0.25) is 5.91 Å². The Morgan fingerprint density at radius 1 is 0.967 bits per heavy atom. The molecule has 8 nitrogen and oxygen atoms in total. The van der Waals surface area contributed by atoms with Gasteiger partial charge < -0.3 is 20.1 Å². The van der Waals surface area contributed by atoms with Gasteiger partial charge in [-0.25, -0.2) is 4.98 Å². The van der Waals surface area contributed by atoms with Crippen molar-refractivity contribution in [1.82, 2.24) is 14.5 Å². The third kappa shape index (κ3) is 4.22. The summed E-state index contributed by atoms with van der Waals surface area (Å²) in [5, 5.41) is 5.43. The van der Waals surface area contributed by atoms with Gasteiger partial charge >= 0.3 is 0 Å². The highest BCUT2D eigenvalue weighted by molar-refractivity contribution is 6.04. The monoisotopic (exact) mass is 403 g/mol. The topological polar surface area (TPSA) is 96.3 Å². The minimum Gasteiger partial charge on any atom is -0.330 e. The van der Waals surface area contributed by atoms with E-state index >= 15 is 0 Å². The highest BCUT2D eigenvalue weighted by Crippen LogP contribution is 2.18. The van der Waals surface area contributed by atoms with Gasteiger partial charge in [0.25, 0.3) is 11.8 Å². The second-order valence-electron chi connectivity index (χ2n) is 7.07. The standard InChI is InChI=1S/C22H21N5O3/c1-15(28)23-17-7-9-18(10-8-17)24-21(29)19-14-26-11-12-27(22(30)20(26)25-19)13-16-5-3-2-4-6-16/h2-10,14H,11-13H2,1H3,(H,23,28)(H,24,29). The molecule has 1 aromatic heterocycles. The molecule has 8 heteroatoms. The summed E-state index contributed by atoms with van der Waals surface area (Å²) in [6, 6.07) is 16.5. The van der Waals surface area contributed by atoms with Crippen LogP contribution in [0.5, 0.6) is 0 Å². The largest absolute Gasteiger partial charge is 0.330 e. The fraction of sp³-hybridized carbons (Fsp3) is 0.182. The summed E-state index contributed by atoms with van der Waals surface area (Å²) >= 11 is 0. The van der Waals surface area contributed by atoms with E-state index in [1.165, 1.54) is 6.92 Å². The Hall–Kier alpha value is -3.94. The molecule has 3 aromatic rings. The summed E-state index contributed by atoms with van der Waals surface area (Å²) in [6.45, 7) is 3.08. The van der Waals surface area contributed by atoms with Gasteiger partial charge in [-0.2, -0.15) is 0 Å². The van der Waals surface area contributed by atoms with Crippen molar-refractivity contribution in [3.8, 4) is 0 Å². The first kappa shape index (κ1) is 19.4. The van der Waals surface area contributed by atoms with E-state index < -0.39 is 5.91 Å². The maximum Gasteiger partial charge on any atom is 0.290 e. The molecule has 0 aliphatic carbocycles. The van der Waals surface area contributed by atoms with E-state index in [-0.39, 0.29) is 23.3 Å². The number of benzene rings is 2. The van der Waals surface area contributed by atoms with Crippen molar-refractivity contribution in [1.29, 1.82) is 0 Å². The first-order valence-corrected chi connectivity index (χ1v) is 9.59. The van der Waals surface area contributed by atoms with E-state index in [2.05, 4.69) is 15.6 Å². The molecule has 3 amide bonds. The van der Waals surface area contributed by atoms with Crippen LogP contribution in [0.2, 0.25) is 0 Å². The molecule has 0 saturated carbocycles. The molecule has 0 saturated heterocycles. The quantitative estimate of drug-likeness (QED) is 0.685. The molecule has 0 fully saturated rings. The zero-order valence-corrected chi connectivity index (χ0v) is 16.5. The molecule has 2 aromatic carbocycles. The average molecular weight is 403 g/mol. The van der Waals surface area contributed by atoms with E-state index in [1.54, 1.807) is 39.9 Å². The van der Waals surface area contributed by atoms with Gasteiger partial charge in [0, 0.05) is 44.1 Å². The predicted octanol–water partition coefficient (Wildman–Crippen LogP) is 2.75. The molecule has 0 radical (unpaired) electrons. The van der Waals surface area contributed by atoms with Crippen molar-refractivity contribution in [3.05, 3.63) is 77.9 Å². The maximum absolute atomic E-state index is 12.8. The number of hydrogen-bond acceptors (Lipinski definition) is 4. The number of nitrogens with zero attached hydrogens (tertiary/aromatic N) is 3. The summed E-state index contributed by atoms with van der Waals surface area (Å²) in [4.78, 5) is 42.5. The Labute approximate surface area is 173 Å². The van der Waals surface area contributed by atoms with Crippen molar-refractivity contribution >= 4 is 29.1 Å². The van der Waals surface area contributed by atoms with Crippen LogP contribution in [0.1, 0.15) is 33.6 Å². The summed E-state index contributed by atoms with van der Waals surface area (Å²) in [7, 11) is 0. The predicted molar refractivity (Wildman–Crippen MR) is 112 cm³/mol. The molecule has 1 aliphatic heterocycles. The first-order chi connectivity index (χ1) is 14.5. The van der Waals surface area contributed by atoms with Crippen LogP contribution in [0.15, 0.2) is 60.8 Å². The third-order valence-electron chi connectivity index (χ3n) is 4.78. The van der Waals surface area contributed by atoms with Gasteiger partial charge in [0.15, 0.2) is 5.82 Å². The molecule has 4 rings (SSSR count). The molecule has 2 heterocycles. The van der Waals surface area contributed by atoms with Crippen molar-refractivity contribution < 1.29 is 14.4 Å². The number of nitrogens with one attached hydrogen (secondary N) is 2. The van der Waals surface area contributed by atoms with E-state index in [0.717, 1.165) is 5.56 Å². The second kappa shape index (κ2) is 8.20. The number of aromatic nitrogens is 2. The molecule has 0 bridgehead atoms. The van der Waals surface area contributed by atoms with Gasteiger partial charge in [-0.05, 0) is 29.8 Å². The normalized spacial score (nSPS) is 13.0. The summed E-state index contributed by atoms with van der Waals surface area (Å²) < 4.78 is 1.72. The lowest BCUT2D eigenvalue weighted by Crippen LogP contribution is -2.39. The fourth-order valence-corrected chi connectivity index (χ4v) is 3.33. The molecule has 0 spiro atoms. The molecule has 0 atom stereocenters. The fourth-order valence-electron chi connectivity index (χ4n) is 3.33. The third-order valence-corrected chi connectivity index (χ3v) is 4.78. The van der Waals surface area contributed by atoms with E-state index in [1.807, 2.05) is 30.3 Å². The number of carbonyl (C=O) groups is 3. The number of rotatable bonds is 5. The number of imidazole rings is 1.